The van der Waals surface area contributed by atoms with E-state index in [9.17, 15) is 0 Å². The normalized spacial score (nSPS) is 16.8. The van der Waals surface area contributed by atoms with Crippen molar-refractivity contribution in [2.45, 2.75) is 25.8 Å². The van der Waals surface area contributed by atoms with Crippen molar-refractivity contribution >= 4 is 11.6 Å². The van der Waals surface area contributed by atoms with Crippen LogP contribution in [0.2, 0.25) is 5.02 Å². The summed E-state index contributed by atoms with van der Waals surface area (Å²) in [5, 5.41) is 9.58. The van der Waals surface area contributed by atoms with Crippen LogP contribution in [-0.4, -0.2) is 18.5 Å². The molecule has 0 aliphatic heterocycles. The largest absolute Gasteiger partial charge is 0.302 e. The topological polar surface area (TPSA) is 27.0 Å². The van der Waals surface area contributed by atoms with Crippen LogP contribution in [0.5, 0.6) is 0 Å². The summed E-state index contributed by atoms with van der Waals surface area (Å²) in [4.78, 5) is 2.29. The molecule has 0 N–H and O–H groups in total. The standard InChI is InChI=1S/C14H17ClN2/c1-17(11-14(5-6-14)7-8-16)10-12-3-2-4-13(15)9-12/h2-4,9H,5-7,10-11H2,1H3. The van der Waals surface area contributed by atoms with E-state index in [1.165, 1.54) is 18.4 Å². The van der Waals surface area contributed by atoms with Crippen LogP contribution >= 0.6 is 11.6 Å². The molecule has 1 aromatic carbocycles. The number of nitrogens with zero attached hydrogens (tertiary/aromatic N) is 2. The highest BCUT2D eigenvalue weighted by atomic mass is 35.5. The molecule has 0 saturated heterocycles. The van der Waals surface area contributed by atoms with Gasteiger partial charge in [0.2, 0.25) is 0 Å². The van der Waals surface area contributed by atoms with Crippen molar-refractivity contribution in [3.8, 4) is 6.07 Å². The van der Waals surface area contributed by atoms with Crippen LogP contribution in [0.4, 0.5) is 0 Å². The maximum absolute atomic E-state index is 8.79. The van der Waals surface area contributed by atoms with Crippen LogP contribution in [0, 0.1) is 16.7 Å². The molecule has 0 heterocycles. The Bertz CT molecular complexity index is 432. The van der Waals surface area contributed by atoms with Crippen molar-refractivity contribution in [1.29, 1.82) is 5.26 Å². The number of benzene rings is 1. The average Bonchev–Trinajstić information content (AvgIpc) is 2.97. The van der Waals surface area contributed by atoms with Gasteiger partial charge in [0.05, 0.1) is 6.07 Å². The Morgan fingerprint density at radius 2 is 2.24 bits per heavy atom. The summed E-state index contributed by atoms with van der Waals surface area (Å²) in [5.74, 6) is 0. The summed E-state index contributed by atoms with van der Waals surface area (Å²) in [7, 11) is 2.11. The first kappa shape index (κ1) is 12.4. The predicted octanol–water partition coefficient (Wildman–Crippen LogP) is 3.47. The Kier molecular flexibility index (Phi) is 3.71. The van der Waals surface area contributed by atoms with Crippen molar-refractivity contribution in [2.24, 2.45) is 5.41 Å². The fourth-order valence-electron chi connectivity index (χ4n) is 2.31. The lowest BCUT2D eigenvalue weighted by Crippen LogP contribution is -2.26. The molecule has 2 rings (SSSR count). The summed E-state index contributed by atoms with van der Waals surface area (Å²) in [5.41, 5.74) is 1.51. The van der Waals surface area contributed by atoms with Crippen LogP contribution in [0.3, 0.4) is 0 Å². The third-order valence-electron chi connectivity index (χ3n) is 3.36. The minimum absolute atomic E-state index is 0.280. The Morgan fingerprint density at radius 3 is 2.82 bits per heavy atom. The number of rotatable bonds is 5. The molecule has 0 unspecified atom stereocenters. The van der Waals surface area contributed by atoms with E-state index in [0.29, 0.717) is 6.42 Å². The van der Waals surface area contributed by atoms with Gasteiger partial charge in [-0.1, -0.05) is 23.7 Å². The van der Waals surface area contributed by atoms with Gasteiger partial charge in [0.1, 0.15) is 0 Å². The second kappa shape index (κ2) is 5.08. The van der Waals surface area contributed by atoms with Gasteiger partial charge in [-0.25, -0.2) is 0 Å². The Morgan fingerprint density at radius 1 is 1.47 bits per heavy atom. The second-order valence-electron chi connectivity index (χ2n) is 5.14. The third kappa shape index (κ3) is 3.46. The number of hydrogen-bond acceptors (Lipinski definition) is 2. The second-order valence-corrected chi connectivity index (χ2v) is 5.57. The van der Waals surface area contributed by atoms with E-state index < -0.39 is 0 Å². The van der Waals surface area contributed by atoms with Gasteiger partial charge in [-0.2, -0.15) is 5.26 Å². The lowest BCUT2D eigenvalue weighted by Gasteiger charge is -2.22. The van der Waals surface area contributed by atoms with Crippen molar-refractivity contribution in [3.63, 3.8) is 0 Å². The van der Waals surface area contributed by atoms with Crippen LogP contribution in [0.25, 0.3) is 0 Å². The molecule has 1 aromatic rings. The monoisotopic (exact) mass is 248 g/mol. The first-order valence-corrected chi connectivity index (χ1v) is 6.31. The molecule has 0 spiro atoms. The molecular weight excluding hydrogens is 232 g/mol. The highest BCUT2D eigenvalue weighted by Crippen LogP contribution is 2.49. The molecule has 1 fully saturated rings. The molecule has 1 aliphatic carbocycles. The van der Waals surface area contributed by atoms with Gasteiger partial charge < -0.3 is 4.90 Å². The molecule has 0 bridgehead atoms. The van der Waals surface area contributed by atoms with Crippen molar-refractivity contribution < 1.29 is 0 Å². The Hall–Kier alpha value is -1.04. The minimum Gasteiger partial charge on any atom is -0.302 e. The fourth-order valence-corrected chi connectivity index (χ4v) is 2.52. The predicted molar refractivity (Wildman–Crippen MR) is 69.7 cm³/mol. The quantitative estimate of drug-likeness (QED) is 0.798. The van der Waals surface area contributed by atoms with Crippen LogP contribution in [0.1, 0.15) is 24.8 Å². The zero-order valence-corrected chi connectivity index (χ0v) is 10.9. The molecule has 2 nitrogen and oxygen atoms in total. The summed E-state index contributed by atoms with van der Waals surface area (Å²) in [6.07, 6.45) is 3.08. The molecule has 90 valence electrons. The van der Waals surface area contributed by atoms with E-state index in [1.807, 2.05) is 18.2 Å². The summed E-state index contributed by atoms with van der Waals surface area (Å²) in [6.45, 7) is 1.90. The summed E-state index contributed by atoms with van der Waals surface area (Å²) >= 11 is 5.96. The first-order valence-electron chi connectivity index (χ1n) is 5.93. The molecule has 0 amide bonds. The molecule has 17 heavy (non-hydrogen) atoms. The highest BCUT2D eigenvalue weighted by molar-refractivity contribution is 6.30. The maximum atomic E-state index is 8.79. The molecule has 1 aliphatic rings. The van der Waals surface area contributed by atoms with Gasteiger partial charge in [0.15, 0.2) is 0 Å². The zero-order valence-electron chi connectivity index (χ0n) is 10.1. The van der Waals surface area contributed by atoms with Gasteiger partial charge in [-0.05, 0) is 43.0 Å². The van der Waals surface area contributed by atoms with E-state index in [-0.39, 0.29) is 5.41 Å². The first-order chi connectivity index (χ1) is 8.13. The maximum Gasteiger partial charge on any atom is 0.0628 e. The van der Waals surface area contributed by atoms with Gasteiger partial charge in [0, 0.05) is 24.5 Å². The number of nitriles is 1. The van der Waals surface area contributed by atoms with Crippen LogP contribution in [0.15, 0.2) is 24.3 Å². The third-order valence-corrected chi connectivity index (χ3v) is 3.59. The lowest BCUT2D eigenvalue weighted by molar-refractivity contribution is 0.257. The molecule has 0 aromatic heterocycles. The van der Waals surface area contributed by atoms with Gasteiger partial charge in [-0.3, -0.25) is 0 Å². The fraction of sp³-hybridized carbons (Fsp3) is 0.500. The Balaban J connectivity index is 1.90. The average molecular weight is 249 g/mol. The van der Waals surface area contributed by atoms with E-state index in [2.05, 4.69) is 24.1 Å². The van der Waals surface area contributed by atoms with Gasteiger partial charge in [0.25, 0.3) is 0 Å². The smallest absolute Gasteiger partial charge is 0.0628 e. The van der Waals surface area contributed by atoms with E-state index >= 15 is 0 Å². The lowest BCUT2D eigenvalue weighted by atomic mass is 10.0. The summed E-state index contributed by atoms with van der Waals surface area (Å²) in [6, 6.07) is 10.3. The van der Waals surface area contributed by atoms with Crippen molar-refractivity contribution in [1.82, 2.24) is 4.90 Å². The molecule has 1 saturated carbocycles. The minimum atomic E-state index is 0.280. The SMILES string of the molecule is CN(Cc1cccc(Cl)c1)CC1(CC#N)CC1. The van der Waals surface area contributed by atoms with Crippen molar-refractivity contribution in [2.75, 3.05) is 13.6 Å². The van der Waals surface area contributed by atoms with Crippen LogP contribution in [-0.2, 0) is 6.54 Å². The molecule has 3 heteroatoms. The van der Waals surface area contributed by atoms with E-state index in [0.717, 1.165) is 18.1 Å². The van der Waals surface area contributed by atoms with E-state index in [1.54, 1.807) is 0 Å². The number of halogens is 1. The Labute approximate surface area is 108 Å². The van der Waals surface area contributed by atoms with Gasteiger partial charge in [-0.15, -0.1) is 0 Å². The highest BCUT2D eigenvalue weighted by Gasteiger charge is 2.42. The van der Waals surface area contributed by atoms with E-state index in [4.69, 9.17) is 16.9 Å². The molecule has 0 atom stereocenters. The molecule has 0 radical (unpaired) electrons. The van der Waals surface area contributed by atoms with Crippen molar-refractivity contribution in [3.05, 3.63) is 34.9 Å². The van der Waals surface area contributed by atoms with Crippen LogP contribution < -0.4 is 0 Å². The molecular formula is C14H17ClN2. The van der Waals surface area contributed by atoms with Gasteiger partial charge >= 0.3 is 0 Å². The number of hydrogen-bond donors (Lipinski definition) is 0. The zero-order chi connectivity index (χ0) is 12.3. The summed E-state index contributed by atoms with van der Waals surface area (Å²) < 4.78 is 0.